The lowest BCUT2D eigenvalue weighted by Crippen LogP contribution is -2.46. The van der Waals surface area contributed by atoms with Gasteiger partial charge in [0.05, 0.1) is 13.2 Å². The number of hydrogen-bond acceptors (Lipinski definition) is 6. The molecule has 5 rings (SSSR count). The number of aliphatic hydroxyl groups is 2. The van der Waals surface area contributed by atoms with E-state index in [0.29, 0.717) is 5.56 Å². The van der Waals surface area contributed by atoms with Crippen LogP contribution in [0.4, 0.5) is 0 Å². The minimum absolute atomic E-state index is 0.0576. The lowest BCUT2D eigenvalue weighted by molar-refractivity contribution is -0.132. The molecule has 0 saturated carbocycles. The van der Waals surface area contributed by atoms with Crippen molar-refractivity contribution >= 4 is 0 Å². The molecule has 0 bridgehead atoms. The van der Waals surface area contributed by atoms with Crippen molar-refractivity contribution in [1.29, 1.82) is 0 Å². The van der Waals surface area contributed by atoms with E-state index in [9.17, 15) is 19.8 Å². The third-order valence-corrected chi connectivity index (χ3v) is 7.17. The lowest BCUT2D eigenvalue weighted by Gasteiger charge is -2.38. The quantitative estimate of drug-likeness (QED) is 0.312. The molecule has 1 fully saturated rings. The summed E-state index contributed by atoms with van der Waals surface area (Å²) >= 11 is 0. The van der Waals surface area contributed by atoms with E-state index < -0.39 is 41.4 Å². The molecule has 0 radical (unpaired) electrons. The van der Waals surface area contributed by atoms with Crippen molar-refractivity contribution in [2.45, 2.75) is 36.9 Å². The summed E-state index contributed by atoms with van der Waals surface area (Å²) in [4.78, 5) is 26.6. The molecule has 1 aromatic heterocycles. The molecule has 1 saturated heterocycles. The monoisotopic (exact) mass is 514 g/mol. The second-order valence-electron chi connectivity index (χ2n) is 9.61. The van der Waals surface area contributed by atoms with Gasteiger partial charge in [0.1, 0.15) is 23.5 Å². The zero-order valence-electron chi connectivity index (χ0n) is 21.0. The van der Waals surface area contributed by atoms with Crippen molar-refractivity contribution in [3.8, 4) is 0 Å². The summed E-state index contributed by atoms with van der Waals surface area (Å²) in [5.41, 5.74) is -0.890. The van der Waals surface area contributed by atoms with E-state index in [1.807, 2.05) is 91.0 Å². The predicted octanol–water partition coefficient (Wildman–Crippen LogP) is 2.86. The van der Waals surface area contributed by atoms with Gasteiger partial charge in [-0.15, -0.1) is 0 Å². The second-order valence-corrected chi connectivity index (χ2v) is 9.61. The van der Waals surface area contributed by atoms with Crippen molar-refractivity contribution in [1.82, 2.24) is 9.55 Å². The van der Waals surface area contributed by atoms with Crippen LogP contribution in [-0.4, -0.2) is 44.7 Å². The van der Waals surface area contributed by atoms with Gasteiger partial charge in [0, 0.05) is 18.2 Å². The molecule has 0 aliphatic carbocycles. The van der Waals surface area contributed by atoms with Crippen LogP contribution >= 0.6 is 0 Å². The van der Waals surface area contributed by atoms with Crippen molar-refractivity contribution in [3.63, 3.8) is 0 Å². The molecule has 196 valence electrons. The first-order valence-corrected chi connectivity index (χ1v) is 12.5. The van der Waals surface area contributed by atoms with Gasteiger partial charge in [-0.1, -0.05) is 91.0 Å². The first kappa shape index (κ1) is 25.8. The highest BCUT2D eigenvalue weighted by atomic mass is 16.6. The molecule has 8 nitrogen and oxygen atoms in total. The molecule has 38 heavy (non-hydrogen) atoms. The molecular weight excluding hydrogens is 484 g/mol. The number of nitrogens with one attached hydrogen (secondary N) is 1. The van der Waals surface area contributed by atoms with E-state index in [0.717, 1.165) is 16.7 Å². The van der Waals surface area contributed by atoms with E-state index in [1.165, 1.54) is 10.8 Å². The molecular formula is C30H30N2O6. The van der Waals surface area contributed by atoms with Gasteiger partial charge < -0.3 is 19.7 Å². The highest BCUT2D eigenvalue weighted by Gasteiger charge is 2.50. The number of aromatic nitrogens is 2. The second kappa shape index (κ2) is 10.5. The van der Waals surface area contributed by atoms with Crippen LogP contribution in [0.2, 0.25) is 0 Å². The van der Waals surface area contributed by atoms with Crippen LogP contribution in [-0.2, 0) is 15.1 Å². The number of aliphatic hydroxyl groups excluding tert-OH is 1. The minimum Gasteiger partial charge on any atom is -0.393 e. The van der Waals surface area contributed by atoms with E-state index >= 15 is 0 Å². The van der Waals surface area contributed by atoms with Gasteiger partial charge in [0.15, 0.2) is 0 Å². The third-order valence-electron chi connectivity index (χ3n) is 7.17. The Balaban J connectivity index is 1.55. The Hall–Kier alpha value is -3.82. The summed E-state index contributed by atoms with van der Waals surface area (Å²) in [6.45, 7) is 0.892. The molecule has 4 aromatic rings. The summed E-state index contributed by atoms with van der Waals surface area (Å²) in [5, 5.41) is 21.6. The zero-order chi connectivity index (χ0) is 26.8. The number of benzene rings is 3. The third kappa shape index (κ3) is 4.63. The van der Waals surface area contributed by atoms with Crippen LogP contribution in [0.3, 0.4) is 0 Å². The molecule has 3 N–H and O–H groups in total. The van der Waals surface area contributed by atoms with Crippen LogP contribution in [0.25, 0.3) is 0 Å². The zero-order valence-corrected chi connectivity index (χ0v) is 21.0. The molecule has 2 heterocycles. The number of ether oxygens (including phenoxy) is 2. The number of aromatic amines is 1. The minimum atomic E-state index is -1.68. The van der Waals surface area contributed by atoms with Crippen molar-refractivity contribution in [3.05, 3.63) is 140 Å². The maximum absolute atomic E-state index is 12.5. The van der Waals surface area contributed by atoms with E-state index in [-0.39, 0.29) is 13.0 Å². The highest BCUT2D eigenvalue weighted by molar-refractivity contribution is 5.47. The molecule has 1 aliphatic rings. The van der Waals surface area contributed by atoms with Gasteiger partial charge in [-0.25, -0.2) is 4.79 Å². The Kier molecular flexibility index (Phi) is 7.14. The number of nitrogens with zero attached hydrogens (tertiary/aromatic N) is 1. The van der Waals surface area contributed by atoms with Crippen molar-refractivity contribution < 1.29 is 19.7 Å². The lowest BCUT2D eigenvalue weighted by atomic mass is 9.80. The number of rotatable bonds is 8. The molecule has 8 heteroatoms. The van der Waals surface area contributed by atoms with Gasteiger partial charge in [-0.05, 0) is 23.6 Å². The molecule has 1 aliphatic heterocycles. The smallest absolute Gasteiger partial charge is 0.330 e. The Morgan fingerprint density at radius 1 is 0.947 bits per heavy atom. The molecule has 0 spiro atoms. The summed E-state index contributed by atoms with van der Waals surface area (Å²) in [7, 11) is 0. The summed E-state index contributed by atoms with van der Waals surface area (Å²) in [6, 6.07) is 29.4. The van der Waals surface area contributed by atoms with E-state index in [1.54, 1.807) is 6.92 Å². The van der Waals surface area contributed by atoms with Gasteiger partial charge in [-0.2, -0.15) is 0 Å². The van der Waals surface area contributed by atoms with Crippen LogP contribution < -0.4 is 11.2 Å². The molecule has 1 unspecified atom stereocenters. The molecule has 3 aromatic carbocycles. The number of hydrogen-bond donors (Lipinski definition) is 3. The van der Waals surface area contributed by atoms with Gasteiger partial charge >= 0.3 is 5.69 Å². The fourth-order valence-corrected chi connectivity index (χ4v) is 5.09. The number of H-pyrrole nitrogens is 1. The topological polar surface area (TPSA) is 114 Å². The first-order chi connectivity index (χ1) is 18.4. The average molecular weight is 515 g/mol. The van der Waals surface area contributed by atoms with Gasteiger partial charge in [0.2, 0.25) is 0 Å². The maximum Gasteiger partial charge on any atom is 0.330 e. The van der Waals surface area contributed by atoms with E-state index in [4.69, 9.17) is 9.47 Å². The standard InChI is InChI=1S/C30H30N2O6/c1-21-18-32(28(35)31-27(21)34)26-17-29(36,20-33)25(38-26)19-37-30(22-11-5-2-6-12-22,23-13-7-3-8-14-23)24-15-9-4-10-16-24/h2-16,18,25-26,33,36H,17,19-20H2,1H3,(H,31,34,35)/t25-,26-,29?/m1/s1. The summed E-state index contributed by atoms with van der Waals surface area (Å²) in [5.74, 6) is 0. The van der Waals surface area contributed by atoms with Crippen LogP contribution in [0.15, 0.2) is 107 Å². The summed E-state index contributed by atoms with van der Waals surface area (Å²) < 4.78 is 14.2. The Labute approximate surface area is 219 Å². The van der Waals surface area contributed by atoms with Gasteiger partial charge in [0.25, 0.3) is 5.56 Å². The highest BCUT2D eigenvalue weighted by Crippen LogP contribution is 2.43. The maximum atomic E-state index is 12.5. The summed E-state index contributed by atoms with van der Waals surface area (Å²) in [6.07, 6.45) is -0.525. The molecule has 0 amide bonds. The van der Waals surface area contributed by atoms with E-state index in [2.05, 4.69) is 4.98 Å². The Morgan fingerprint density at radius 3 is 1.92 bits per heavy atom. The normalized spacial score (nSPS) is 21.4. The Bertz CT molecular complexity index is 1390. The van der Waals surface area contributed by atoms with Crippen LogP contribution in [0.1, 0.15) is 34.9 Å². The fourth-order valence-electron chi connectivity index (χ4n) is 5.09. The molecule has 3 atom stereocenters. The fraction of sp³-hybridized carbons (Fsp3) is 0.267. The van der Waals surface area contributed by atoms with Crippen molar-refractivity contribution in [2.24, 2.45) is 0 Å². The SMILES string of the molecule is Cc1cn([C@H]2CC(O)(CO)[C@@H](COC(c3ccccc3)(c3ccccc3)c3ccccc3)O2)c(=O)[nH]c1=O. The van der Waals surface area contributed by atoms with Crippen molar-refractivity contribution in [2.75, 3.05) is 13.2 Å². The average Bonchev–Trinajstić information content (AvgIpc) is 3.29. The number of aryl methyl sites for hydroxylation is 1. The first-order valence-electron chi connectivity index (χ1n) is 12.5. The predicted molar refractivity (Wildman–Crippen MR) is 142 cm³/mol. The van der Waals surface area contributed by atoms with Crippen LogP contribution in [0.5, 0.6) is 0 Å². The largest absolute Gasteiger partial charge is 0.393 e. The Morgan fingerprint density at radius 2 is 1.45 bits per heavy atom. The van der Waals surface area contributed by atoms with Gasteiger partial charge in [-0.3, -0.25) is 14.3 Å². The van der Waals surface area contributed by atoms with Crippen LogP contribution in [0, 0.1) is 6.92 Å².